The molecule has 0 saturated carbocycles. The van der Waals surface area contributed by atoms with E-state index in [9.17, 15) is 14.7 Å². The number of aromatic nitrogens is 2. The lowest BCUT2D eigenvalue weighted by Crippen LogP contribution is -2.60. The minimum Gasteiger partial charge on any atom is -0.506 e. The number of anilines is 1. The largest absolute Gasteiger partial charge is 0.506 e. The number of carbonyl (C=O) groups is 2. The summed E-state index contributed by atoms with van der Waals surface area (Å²) in [6.07, 6.45) is 2.79. The van der Waals surface area contributed by atoms with Crippen LogP contribution in [0.1, 0.15) is 55.6 Å². The summed E-state index contributed by atoms with van der Waals surface area (Å²) in [6, 6.07) is 3.00. The number of aromatic hydroxyl groups is 1. The fraction of sp³-hybridized carbons (Fsp3) is 0.435. The molecule has 2 heterocycles. The quantitative estimate of drug-likeness (QED) is 0.454. The Morgan fingerprint density at radius 2 is 2.00 bits per heavy atom. The second-order valence-electron chi connectivity index (χ2n) is 9.14. The molecule has 8 nitrogen and oxygen atoms in total. The second kappa shape index (κ2) is 8.86. The van der Waals surface area contributed by atoms with Gasteiger partial charge in [-0.1, -0.05) is 39.0 Å². The first kappa shape index (κ1) is 23.7. The Labute approximate surface area is 193 Å². The smallest absolute Gasteiger partial charge is 0.269 e. The summed E-state index contributed by atoms with van der Waals surface area (Å²) in [5, 5.41) is 17.1. The van der Waals surface area contributed by atoms with Gasteiger partial charge in [-0.25, -0.2) is 4.98 Å². The van der Waals surface area contributed by atoms with E-state index < -0.39 is 0 Å². The molecule has 1 fully saturated rings. The van der Waals surface area contributed by atoms with Crippen molar-refractivity contribution in [1.29, 1.82) is 0 Å². The van der Waals surface area contributed by atoms with E-state index >= 15 is 0 Å². The Morgan fingerprint density at radius 1 is 1.34 bits per heavy atom. The zero-order valence-electron chi connectivity index (χ0n) is 19.1. The third-order valence-electron chi connectivity index (χ3n) is 5.61. The maximum absolute atomic E-state index is 12.7. The zero-order valence-corrected chi connectivity index (χ0v) is 19.8. The molecule has 0 radical (unpaired) electrons. The van der Waals surface area contributed by atoms with E-state index in [2.05, 4.69) is 43.0 Å². The molecule has 0 bridgehead atoms. The van der Waals surface area contributed by atoms with Crippen LogP contribution in [0.3, 0.4) is 0 Å². The van der Waals surface area contributed by atoms with Crippen LogP contribution in [0, 0.1) is 0 Å². The maximum atomic E-state index is 12.7. The Balaban J connectivity index is 1.71. The summed E-state index contributed by atoms with van der Waals surface area (Å²) >= 11 is 6.32. The van der Waals surface area contributed by atoms with Gasteiger partial charge in [0.25, 0.3) is 5.91 Å². The molecule has 32 heavy (non-hydrogen) atoms. The van der Waals surface area contributed by atoms with Gasteiger partial charge in [0.05, 0.1) is 24.0 Å². The third kappa shape index (κ3) is 4.75. The first-order valence-corrected chi connectivity index (χ1v) is 10.8. The molecule has 172 valence electrons. The lowest BCUT2D eigenvalue weighted by atomic mass is 9.86. The minimum atomic E-state index is -0.286. The summed E-state index contributed by atoms with van der Waals surface area (Å²) in [5.41, 5.74) is 1.68. The molecule has 1 aromatic carbocycles. The molecule has 1 aliphatic heterocycles. The van der Waals surface area contributed by atoms with Crippen LogP contribution in [0.25, 0.3) is 0 Å². The van der Waals surface area contributed by atoms with Gasteiger partial charge in [0.2, 0.25) is 5.91 Å². The highest BCUT2D eigenvalue weighted by Crippen LogP contribution is 2.38. The van der Waals surface area contributed by atoms with E-state index in [-0.39, 0.29) is 35.1 Å². The second-order valence-corrected chi connectivity index (χ2v) is 9.55. The Morgan fingerprint density at radius 3 is 2.59 bits per heavy atom. The van der Waals surface area contributed by atoms with E-state index in [1.165, 1.54) is 18.3 Å². The molecule has 1 aromatic heterocycles. The van der Waals surface area contributed by atoms with Gasteiger partial charge >= 0.3 is 0 Å². The molecule has 3 rings (SSSR count). The van der Waals surface area contributed by atoms with Crippen LogP contribution in [-0.4, -0.2) is 50.5 Å². The fourth-order valence-electron chi connectivity index (χ4n) is 3.73. The highest BCUT2D eigenvalue weighted by Gasteiger charge is 2.31. The topological polar surface area (TPSA) is 99.5 Å². The summed E-state index contributed by atoms with van der Waals surface area (Å²) in [7, 11) is 1.77. The molecule has 1 saturated heterocycles. The fourth-order valence-corrected chi connectivity index (χ4v) is 4.17. The van der Waals surface area contributed by atoms with Crippen molar-refractivity contribution in [3.63, 3.8) is 0 Å². The van der Waals surface area contributed by atoms with Crippen molar-refractivity contribution in [3.8, 4) is 5.75 Å². The molecule has 1 aliphatic rings. The van der Waals surface area contributed by atoms with E-state index in [1.54, 1.807) is 16.5 Å². The predicted octanol–water partition coefficient (Wildman–Crippen LogP) is 3.38. The van der Waals surface area contributed by atoms with Crippen molar-refractivity contribution in [1.82, 2.24) is 19.8 Å². The van der Waals surface area contributed by atoms with Gasteiger partial charge < -0.3 is 25.2 Å². The number of amides is 2. The number of benzene rings is 1. The van der Waals surface area contributed by atoms with Gasteiger partial charge in [-0.15, -0.1) is 0 Å². The molecule has 9 heteroatoms. The van der Waals surface area contributed by atoms with Crippen LogP contribution in [0.15, 0.2) is 31.0 Å². The Bertz CT molecular complexity index is 1050. The van der Waals surface area contributed by atoms with Gasteiger partial charge in [-0.05, 0) is 30.0 Å². The van der Waals surface area contributed by atoms with E-state index in [0.29, 0.717) is 35.3 Å². The zero-order chi connectivity index (χ0) is 23.8. The van der Waals surface area contributed by atoms with Crippen molar-refractivity contribution < 1.29 is 14.7 Å². The SMILES string of the molecule is C=CC(=O)N1CC(NC(=O)c2cnc(C(C)Nc3cc(C(C)(C)C)c(Cl)cc3O)n2C)C1. The highest BCUT2D eigenvalue weighted by molar-refractivity contribution is 6.31. The number of likely N-dealkylation sites (tertiary alicyclic amines) is 1. The van der Waals surface area contributed by atoms with Crippen molar-refractivity contribution in [2.24, 2.45) is 7.05 Å². The number of nitrogens with one attached hydrogen (secondary N) is 2. The Kier molecular flexibility index (Phi) is 6.55. The van der Waals surface area contributed by atoms with E-state index in [1.807, 2.05) is 13.0 Å². The monoisotopic (exact) mass is 459 g/mol. The Hall–Kier alpha value is -3.00. The van der Waals surface area contributed by atoms with E-state index in [4.69, 9.17) is 11.6 Å². The van der Waals surface area contributed by atoms with Crippen LogP contribution in [0.4, 0.5) is 5.69 Å². The first-order valence-electron chi connectivity index (χ1n) is 10.5. The predicted molar refractivity (Wildman–Crippen MR) is 125 cm³/mol. The van der Waals surface area contributed by atoms with Crippen LogP contribution in [0.5, 0.6) is 5.75 Å². The number of hydrogen-bond donors (Lipinski definition) is 3. The van der Waals surface area contributed by atoms with Crippen molar-refractivity contribution in [2.45, 2.75) is 45.2 Å². The molecule has 0 spiro atoms. The van der Waals surface area contributed by atoms with Crippen molar-refractivity contribution in [3.05, 3.63) is 53.1 Å². The van der Waals surface area contributed by atoms with Gasteiger partial charge in [0.1, 0.15) is 17.3 Å². The average molecular weight is 460 g/mol. The molecular formula is C23H30ClN5O3. The molecule has 1 unspecified atom stereocenters. The average Bonchev–Trinajstić information content (AvgIpc) is 3.06. The standard InChI is InChI=1S/C23H30ClN5O3/c1-7-20(31)29-11-14(12-29)27-22(32)18-10-25-21(28(18)6)13(2)26-17-8-15(23(3,4)5)16(24)9-19(17)30/h7-10,13-14,26,30H,1,11-12H2,2-6H3,(H,27,32). The van der Waals surface area contributed by atoms with Crippen LogP contribution < -0.4 is 10.6 Å². The minimum absolute atomic E-state index is 0.0469. The normalized spacial score (nSPS) is 15.1. The molecular weight excluding hydrogens is 430 g/mol. The number of phenolic OH excluding ortho intramolecular Hbond substituents is 1. The molecule has 1 atom stereocenters. The maximum Gasteiger partial charge on any atom is 0.269 e. The summed E-state index contributed by atoms with van der Waals surface area (Å²) in [4.78, 5) is 30.3. The number of phenols is 1. The molecule has 3 N–H and O–H groups in total. The molecule has 2 amide bonds. The van der Waals surface area contributed by atoms with Crippen molar-refractivity contribution >= 4 is 29.1 Å². The third-order valence-corrected chi connectivity index (χ3v) is 5.93. The number of rotatable bonds is 6. The van der Waals surface area contributed by atoms with Crippen LogP contribution in [0.2, 0.25) is 5.02 Å². The number of nitrogens with zero attached hydrogens (tertiary/aromatic N) is 3. The summed E-state index contributed by atoms with van der Waals surface area (Å²) in [5.74, 6) is 0.293. The molecule has 0 aliphatic carbocycles. The number of imidazole rings is 1. The van der Waals surface area contributed by atoms with Gasteiger partial charge in [-0.2, -0.15) is 0 Å². The van der Waals surface area contributed by atoms with Crippen molar-refractivity contribution in [2.75, 3.05) is 18.4 Å². The van der Waals surface area contributed by atoms with Gasteiger partial charge in [-0.3, -0.25) is 9.59 Å². The summed E-state index contributed by atoms with van der Waals surface area (Å²) in [6.45, 7) is 12.5. The van der Waals surface area contributed by atoms with Crippen LogP contribution >= 0.6 is 11.6 Å². The van der Waals surface area contributed by atoms with Gasteiger partial charge in [0, 0.05) is 31.2 Å². The molecule has 2 aromatic rings. The van der Waals surface area contributed by atoms with Gasteiger partial charge in [0.15, 0.2) is 0 Å². The van der Waals surface area contributed by atoms with Crippen LogP contribution in [-0.2, 0) is 17.3 Å². The van der Waals surface area contributed by atoms with E-state index in [0.717, 1.165) is 5.56 Å². The lowest BCUT2D eigenvalue weighted by molar-refractivity contribution is -0.130. The first-order chi connectivity index (χ1) is 14.9. The number of hydrogen-bond acceptors (Lipinski definition) is 5. The highest BCUT2D eigenvalue weighted by atomic mass is 35.5. The number of carbonyl (C=O) groups excluding carboxylic acids is 2. The lowest BCUT2D eigenvalue weighted by Gasteiger charge is -2.38. The summed E-state index contributed by atoms with van der Waals surface area (Å²) < 4.78 is 1.72. The number of halogens is 1.